The second-order valence-electron chi connectivity index (χ2n) is 4.83. The number of carbonyl (C=O) groups is 1. The van der Waals surface area contributed by atoms with Gasteiger partial charge < -0.3 is 5.32 Å². The van der Waals surface area contributed by atoms with Crippen LogP contribution in [0.25, 0.3) is 10.8 Å². The van der Waals surface area contributed by atoms with Crippen LogP contribution < -0.4 is 5.32 Å². The van der Waals surface area contributed by atoms with Crippen molar-refractivity contribution in [2.75, 3.05) is 11.1 Å². The van der Waals surface area contributed by atoms with Crippen molar-refractivity contribution in [2.24, 2.45) is 0 Å². The fourth-order valence-electron chi connectivity index (χ4n) is 2.15. The molecule has 4 heteroatoms. The lowest BCUT2D eigenvalue weighted by molar-refractivity contribution is -0.113. The number of para-hydroxylation sites is 1. The van der Waals surface area contributed by atoms with E-state index in [4.69, 9.17) is 11.6 Å². The molecule has 0 radical (unpaired) electrons. The van der Waals surface area contributed by atoms with Gasteiger partial charge in [0.1, 0.15) is 0 Å². The van der Waals surface area contributed by atoms with E-state index >= 15 is 0 Å². The maximum atomic E-state index is 12.0. The van der Waals surface area contributed by atoms with Crippen molar-refractivity contribution in [2.45, 2.75) is 4.90 Å². The van der Waals surface area contributed by atoms with Gasteiger partial charge >= 0.3 is 0 Å². The van der Waals surface area contributed by atoms with Gasteiger partial charge in [0, 0.05) is 4.90 Å². The maximum Gasteiger partial charge on any atom is 0.234 e. The average molecular weight is 328 g/mol. The summed E-state index contributed by atoms with van der Waals surface area (Å²) >= 11 is 7.54. The van der Waals surface area contributed by atoms with Crippen LogP contribution in [0.4, 0.5) is 5.69 Å². The smallest absolute Gasteiger partial charge is 0.234 e. The summed E-state index contributed by atoms with van der Waals surface area (Å²) in [5.41, 5.74) is 0.647. The summed E-state index contributed by atoms with van der Waals surface area (Å²) in [6, 6.07) is 21.6. The van der Waals surface area contributed by atoms with Crippen LogP contribution in [0.5, 0.6) is 0 Å². The third kappa shape index (κ3) is 3.62. The Morgan fingerprint density at radius 1 is 0.955 bits per heavy atom. The predicted molar refractivity (Wildman–Crippen MR) is 94.8 cm³/mol. The van der Waals surface area contributed by atoms with E-state index in [-0.39, 0.29) is 5.91 Å². The summed E-state index contributed by atoms with van der Waals surface area (Å²) in [4.78, 5) is 13.1. The number of rotatable bonds is 4. The first kappa shape index (κ1) is 14.9. The van der Waals surface area contributed by atoms with E-state index in [1.54, 1.807) is 12.1 Å². The molecule has 3 rings (SSSR count). The third-order valence-electron chi connectivity index (χ3n) is 3.24. The summed E-state index contributed by atoms with van der Waals surface area (Å²) in [6.07, 6.45) is 0. The molecule has 3 aromatic carbocycles. The molecule has 3 aromatic rings. The Kier molecular flexibility index (Phi) is 4.66. The van der Waals surface area contributed by atoms with E-state index in [2.05, 4.69) is 29.6 Å². The van der Waals surface area contributed by atoms with Crippen molar-refractivity contribution in [3.63, 3.8) is 0 Å². The molecule has 0 bridgehead atoms. The summed E-state index contributed by atoms with van der Waals surface area (Å²) in [5, 5.41) is 5.75. The van der Waals surface area contributed by atoms with Crippen LogP contribution >= 0.6 is 23.4 Å². The number of amides is 1. The van der Waals surface area contributed by atoms with Gasteiger partial charge in [-0.05, 0) is 35.0 Å². The van der Waals surface area contributed by atoms with Crippen LogP contribution in [-0.4, -0.2) is 11.7 Å². The van der Waals surface area contributed by atoms with Gasteiger partial charge in [-0.1, -0.05) is 54.1 Å². The van der Waals surface area contributed by atoms with E-state index in [0.29, 0.717) is 16.5 Å². The highest BCUT2D eigenvalue weighted by molar-refractivity contribution is 8.00. The number of hydrogen-bond acceptors (Lipinski definition) is 2. The SMILES string of the molecule is O=C(CSc1ccc2ccccc2c1)Nc1ccccc1Cl. The van der Waals surface area contributed by atoms with Gasteiger partial charge in [0.25, 0.3) is 0 Å². The quantitative estimate of drug-likeness (QED) is 0.665. The van der Waals surface area contributed by atoms with Gasteiger partial charge in [-0.2, -0.15) is 0 Å². The zero-order valence-corrected chi connectivity index (χ0v) is 13.3. The van der Waals surface area contributed by atoms with Crippen molar-refractivity contribution in [3.05, 3.63) is 71.8 Å². The minimum Gasteiger partial charge on any atom is -0.324 e. The third-order valence-corrected chi connectivity index (χ3v) is 4.56. The first-order chi connectivity index (χ1) is 10.7. The standard InChI is InChI=1S/C18H14ClNOS/c19-16-7-3-4-8-17(16)20-18(21)12-22-15-10-9-13-5-1-2-6-14(13)11-15/h1-11H,12H2,(H,20,21). The van der Waals surface area contributed by atoms with Crippen molar-refractivity contribution in [3.8, 4) is 0 Å². The number of hydrogen-bond donors (Lipinski definition) is 1. The Morgan fingerprint density at radius 2 is 1.68 bits per heavy atom. The van der Waals surface area contributed by atoms with Gasteiger partial charge in [0.2, 0.25) is 5.91 Å². The Balaban J connectivity index is 1.63. The second kappa shape index (κ2) is 6.86. The molecule has 0 saturated carbocycles. The van der Waals surface area contributed by atoms with Gasteiger partial charge in [-0.25, -0.2) is 0 Å². The molecule has 0 aliphatic carbocycles. The predicted octanol–water partition coefficient (Wildman–Crippen LogP) is 5.22. The minimum atomic E-state index is -0.0636. The van der Waals surface area contributed by atoms with Crippen LogP contribution in [0.3, 0.4) is 0 Å². The Bertz CT molecular complexity index is 819. The van der Waals surface area contributed by atoms with Crippen LogP contribution in [-0.2, 0) is 4.79 Å². The number of carbonyl (C=O) groups excluding carboxylic acids is 1. The maximum absolute atomic E-state index is 12.0. The minimum absolute atomic E-state index is 0.0636. The van der Waals surface area contributed by atoms with Crippen LogP contribution in [0.2, 0.25) is 5.02 Å². The molecular formula is C18H14ClNOS. The van der Waals surface area contributed by atoms with Crippen LogP contribution in [0.15, 0.2) is 71.6 Å². The highest BCUT2D eigenvalue weighted by Gasteiger charge is 2.06. The molecule has 0 aliphatic heterocycles. The largest absolute Gasteiger partial charge is 0.324 e. The average Bonchev–Trinajstić information content (AvgIpc) is 2.55. The molecule has 0 heterocycles. The molecule has 110 valence electrons. The molecule has 0 spiro atoms. The van der Waals surface area contributed by atoms with Gasteiger partial charge in [-0.15, -0.1) is 11.8 Å². The summed E-state index contributed by atoms with van der Waals surface area (Å²) in [7, 11) is 0. The highest BCUT2D eigenvalue weighted by atomic mass is 35.5. The number of nitrogens with one attached hydrogen (secondary N) is 1. The fraction of sp³-hybridized carbons (Fsp3) is 0.0556. The lowest BCUT2D eigenvalue weighted by atomic mass is 10.1. The van der Waals surface area contributed by atoms with Gasteiger partial charge in [-0.3, -0.25) is 4.79 Å². The molecule has 0 aromatic heterocycles. The highest BCUT2D eigenvalue weighted by Crippen LogP contribution is 2.25. The van der Waals surface area contributed by atoms with Gasteiger partial charge in [0.05, 0.1) is 16.5 Å². The van der Waals surface area contributed by atoms with Crippen LogP contribution in [0.1, 0.15) is 0 Å². The molecule has 2 nitrogen and oxygen atoms in total. The molecular weight excluding hydrogens is 314 g/mol. The fourth-order valence-corrected chi connectivity index (χ4v) is 3.08. The zero-order valence-electron chi connectivity index (χ0n) is 11.8. The second-order valence-corrected chi connectivity index (χ2v) is 6.28. The summed E-state index contributed by atoms with van der Waals surface area (Å²) in [6.45, 7) is 0. The number of benzene rings is 3. The van der Waals surface area contributed by atoms with Crippen LogP contribution in [0, 0.1) is 0 Å². The van der Waals surface area contributed by atoms with Crippen molar-refractivity contribution in [1.82, 2.24) is 0 Å². The normalized spacial score (nSPS) is 10.6. The molecule has 0 atom stereocenters. The Hall–Kier alpha value is -1.97. The first-order valence-electron chi connectivity index (χ1n) is 6.88. The molecule has 0 fully saturated rings. The van der Waals surface area contributed by atoms with Gasteiger partial charge in [0.15, 0.2) is 0 Å². The van der Waals surface area contributed by atoms with Crippen molar-refractivity contribution in [1.29, 1.82) is 0 Å². The molecule has 1 N–H and O–H groups in total. The number of anilines is 1. The van der Waals surface area contributed by atoms with Crippen molar-refractivity contribution >= 4 is 45.7 Å². The monoisotopic (exact) mass is 327 g/mol. The first-order valence-corrected chi connectivity index (χ1v) is 8.25. The number of halogens is 1. The molecule has 1 amide bonds. The summed E-state index contributed by atoms with van der Waals surface area (Å²) in [5.74, 6) is 0.287. The van der Waals surface area contributed by atoms with E-state index in [9.17, 15) is 4.79 Å². The Morgan fingerprint density at radius 3 is 2.50 bits per heavy atom. The summed E-state index contributed by atoms with van der Waals surface area (Å²) < 4.78 is 0. The van der Waals surface area contributed by atoms with E-state index in [1.165, 1.54) is 22.5 Å². The molecule has 0 aliphatic rings. The lowest BCUT2D eigenvalue weighted by Gasteiger charge is -2.07. The topological polar surface area (TPSA) is 29.1 Å². The van der Waals surface area contributed by atoms with Crippen molar-refractivity contribution < 1.29 is 4.79 Å². The molecule has 0 unspecified atom stereocenters. The lowest BCUT2D eigenvalue weighted by Crippen LogP contribution is -2.14. The molecule has 0 saturated heterocycles. The van der Waals surface area contributed by atoms with E-state index in [0.717, 1.165) is 4.90 Å². The van der Waals surface area contributed by atoms with E-state index in [1.807, 2.05) is 30.3 Å². The molecule has 22 heavy (non-hydrogen) atoms. The number of thioether (sulfide) groups is 1. The zero-order chi connectivity index (χ0) is 15.4. The Labute approximate surface area is 138 Å². The number of fused-ring (bicyclic) bond motifs is 1. The van der Waals surface area contributed by atoms with E-state index < -0.39 is 0 Å².